The van der Waals surface area contributed by atoms with Crippen molar-refractivity contribution in [1.29, 1.82) is 0 Å². The summed E-state index contributed by atoms with van der Waals surface area (Å²) < 4.78 is 0.806. The van der Waals surface area contributed by atoms with Gasteiger partial charge >= 0.3 is 0 Å². The molecule has 1 aromatic carbocycles. The number of amides is 1. The first-order valence-electron chi connectivity index (χ1n) is 5.93. The maximum absolute atomic E-state index is 12.0. The number of benzene rings is 1. The van der Waals surface area contributed by atoms with E-state index < -0.39 is 0 Å². The fraction of sp³-hybridized carbons (Fsp3) is 0.462. The first-order chi connectivity index (χ1) is 8.16. The highest BCUT2D eigenvalue weighted by molar-refractivity contribution is 9.10. The Labute approximate surface area is 115 Å². The molecule has 1 amide bonds. The summed E-state index contributed by atoms with van der Waals surface area (Å²) in [5.74, 6) is 0.317. The summed E-state index contributed by atoms with van der Waals surface area (Å²) in [4.78, 5) is 12.0. The predicted molar refractivity (Wildman–Crippen MR) is 74.4 cm³/mol. The van der Waals surface area contributed by atoms with Crippen LogP contribution in [0.3, 0.4) is 0 Å². The van der Waals surface area contributed by atoms with Gasteiger partial charge in [-0.1, -0.05) is 30.9 Å². The molecule has 1 N–H and O–H groups in total. The van der Waals surface area contributed by atoms with Gasteiger partial charge in [-0.05, 0) is 47.0 Å². The summed E-state index contributed by atoms with van der Waals surface area (Å²) in [5.41, 5.74) is 0.803. The minimum atomic E-state index is 0.138. The molecule has 1 saturated carbocycles. The molecule has 17 heavy (non-hydrogen) atoms. The van der Waals surface area contributed by atoms with Gasteiger partial charge in [0, 0.05) is 16.1 Å². The molecule has 1 aliphatic carbocycles. The van der Waals surface area contributed by atoms with Gasteiger partial charge < -0.3 is 5.32 Å². The summed E-state index contributed by atoms with van der Waals surface area (Å²) in [6, 6.07) is 5.44. The van der Waals surface area contributed by atoms with Gasteiger partial charge in [-0.15, -0.1) is 0 Å². The van der Waals surface area contributed by atoms with Crippen LogP contribution in [0.4, 0.5) is 5.69 Å². The summed E-state index contributed by atoms with van der Waals surface area (Å²) >= 11 is 9.26. The highest BCUT2D eigenvalue weighted by Gasteiger charge is 2.21. The number of anilines is 1. The number of halogens is 2. The van der Waals surface area contributed by atoms with Crippen molar-refractivity contribution in [1.82, 2.24) is 0 Å². The maximum atomic E-state index is 12.0. The third kappa shape index (κ3) is 3.46. The molecule has 0 radical (unpaired) electrons. The van der Waals surface area contributed by atoms with E-state index in [1.54, 1.807) is 6.07 Å². The van der Waals surface area contributed by atoms with Crippen LogP contribution >= 0.6 is 27.5 Å². The van der Waals surface area contributed by atoms with E-state index in [-0.39, 0.29) is 11.8 Å². The molecule has 0 atom stereocenters. The molecule has 2 rings (SSSR count). The minimum Gasteiger partial charge on any atom is -0.326 e. The Kier molecular flexibility index (Phi) is 4.46. The Morgan fingerprint density at radius 1 is 1.29 bits per heavy atom. The van der Waals surface area contributed by atoms with Crippen molar-refractivity contribution in [3.63, 3.8) is 0 Å². The zero-order valence-corrected chi connectivity index (χ0v) is 11.9. The van der Waals surface area contributed by atoms with Crippen LogP contribution in [-0.4, -0.2) is 5.91 Å². The van der Waals surface area contributed by atoms with Crippen molar-refractivity contribution in [2.45, 2.75) is 32.1 Å². The van der Waals surface area contributed by atoms with E-state index >= 15 is 0 Å². The smallest absolute Gasteiger partial charge is 0.227 e. The van der Waals surface area contributed by atoms with Crippen LogP contribution in [0.15, 0.2) is 22.7 Å². The number of carbonyl (C=O) groups is 1. The third-order valence-electron chi connectivity index (χ3n) is 3.16. The van der Waals surface area contributed by atoms with Crippen molar-refractivity contribution >= 4 is 39.1 Å². The second kappa shape index (κ2) is 5.87. The average Bonchev–Trinajstić information content (AvgIpc) is 2.35. The molecule has 1 aromatic rings. The summed E-state index contributed by atoms with van der Waals surface area (Å²) in [6.45, 7) is 0. The highest BCUT2D eigenvalue weighted by atomic mass is 79.9. The molecule has 92 valence electrons. The van der Waals surface area contributed by atoms with Gasteiger partial charge in [0.25, 0.3) is 0 Å². The zero-order chi connectivity index (χ0) is 12.3. The molecule has 0 saturated heterocycles. The van der Waals surface area contributed by atoms with Crippen molar-refractivity contribution in [3.05, 3.63) is 27.7 Å². The van der Waals surface area contributed by atoms with E-state index in [1.165, 1.54) is 19.3 Å². The molecular weight excluding hydrogens is 302 g/mol. The molecule has 0 spiro atoms. The molecule has 1 fully saturated rings. The molecule has 0 aromatic heterocycles. The van der Waals surface area contributed by atoms with Crippen LogP contribution in [0, 0.1) is 5.92 Å². The average molecular weight is 317 g/mol. The summed E-state index contributed by atoms with van der Waals surface area (Å²) in [5, 5.41) is 3.61. The van der Waals surface area contributed by atoms with Crippen LogP contribution in [0.25, 0.3) is 0 Å². The van der Waals surface area contributed by atoms with Gasteiger partial charge in [0.1, 0.15) is 0 Å². The molecule has 0 bridgehead atoms. The Balaban J connectivity index is 1.99. The third-order valence-corrected chi connectivity index (χ3v) is 4.38. The lowest BCUT2D eigenvalue weighted by Gasteiger charge is -2.20. The normalized spacial score (nSPS) is 16.8. The molecule has 1 aliphatic rings. The fourth-order valence-electron chi connectivity index (χ4n) is 2.18. The van der Waals surface area contributed by atoms with E-state index in [0.29, 0.717) is 5.02 Å². The van der Waals surface area contributed by atoms with Crippen molar-refractivity contribution in [3.8, 4) is 0 Å². The maximum Gasteiger partial charge on any atom is 0.227 e. The van der Waals surface area contributed by atoms with E-state index in [9.17, 15) is 4.79 Å². The quantitative estimate of drug-likeness (QED) is 0.847. The van der Waals surface area contributed by atoms with Crippen LogP contribution in [0.1, 0.15) is 32.1 Å². The van der Waals surface area contributed by atoms with Gasteiger partial charge in [0.05, 0.1) is 5.02 Å². The van der Waals surface area contributed by atoms with Gasteiger partial charge in [0.2, 0.25) is 5.91 Å². The molecule has 0 unspecified atom stereocenters. The van der Waals surface area contributed by atoms with Crippen LogP contribution in [0.5, 0.6) is 0 Å². The zero-order valence-electron chi connectivity index (χ0n) is 9.51. The van der Waals surface area contributed by atoms with Gasteiger partial charge in [0.15, 0.2) is 0 Å². The van der Waals surface area contributed by atoms with E-state index in [0.717, 1.165) is 23.0 Å². The van der Waals surface area contributed by atoms with E-state index in [4.69, 9.17) is 11.6 Å². The van der Waals surface area contributed by atoms with Crippen LogP contribution in [-0.2, 0) is 4.79 Å². The lowest BCUT2D eigenvalue weighted by Crippen LogP contribution is -2.24. The lowest BCUT2D eigenvalue weighted by atomic mass is 9.88. The summed E-state index contributed by atoms with van der Waals surface area (Å²) in [6.07, 6.45) is 5.63. The summed E-state index contributed by atoms with van der Waals surface area (Å²) in [7, 11) is 0. The first-order valence-corrected chi connectivity index (χ1v) is 7.10. The number of hydrogen-bond acceptors (Lipinski definition) is 1. The van der Waals surface area contributed by atoms with Crippen LogP contribution < -0.4 is 5.32 Å². The Morgan fingerprint density at radius 3 is 2.65 bits per heavy atom. The molecular formula is C13H15BrClNO. The number of hydrogen-bond donors (Lipinski definition) is 1. The molecule has 0 aliphatic heterocycles. The fourth-order valence-corrected chi connectivity index (χ4v) is 2.68. The Morgan fingerprint density at radius 2 is 2.00 bits per heavy atom. The van der Waals surface area contributed by atoms with E-state index in [2.05, 4.69) is 21.2 Å². The topological polar surface area (TPSA) is 29.1 Å². The highest BCUT2D eigenvalue weighted by Crippen LogP contribution is 2.28. The SMILES string of the molecule is O=C(Nc1ccc(Cl)c(Br)c1)C1CCCCC1. The standard InChI is InChI=1S/C13H15BrClNO/c14-11-8-10(6-7-12(11)15)16-13(17)9-4-2-1-3-5-9/h6-9H,1-5H2,(H,16,17). The molecule has 0 heterocycles. The van der Waals surface area contributed by atoms with Crippen molar-refractivity contribution < 1.29 is 4.79 Å². The minimum absolute atomic E-state index is 0.138. The Bertz CT molecular complexity index is 416. The van der Waals surface area contributed by atoms with Gasteiger partial charge in [-0.25, -0.2) is 0 Å². The number of carbonyl (C=O) groups excluding carboxylic acids is 1. The molecule has 4 heteroatoms. The second-order valence-corrected chi connectivity index (χ2v) is 5.71. The number of nitrogens with one attached hydrogen (secondary N) is 1. The van der Waals surface area contributed by atoms with Crippen molar-refractivity contribution in [2.75, 3.05) is 5.32 Å². The van der Waals surface area contributed by atoms with Gasteiger partial charge in [-0.3, -0.25) is 4.79 Å². The number of rotatable bonds is 2. The molecule has 2 nitrogen and oxygen atoms in total. The van der Waals surface area contributed by atoms with E-state index in [1.807, 2.05) is 12.1 Å². The first kappa shape index (κ1) is 12.9. The van der Waals surface area contributed by atoms with Crippen LogP contribution in [0.2, 0.25) is 5.02 Å². The van der Waals surface area contributed by atoms with Crippen molar-refractivity contribution in [2.24, 2.45) is 5.92 Å². The predicted octanol–water partition coefficient (Wildman–Crippen LogP) is 4.62. The monoisotopic (exact) mass is 315 g/mol. The lowest BCUT2D eigenvalue weighted by molar-refractivity contribution is -0.120. The second-order valence-electron chi connectivity index (χ2n) is 4.45. The largest absolute Gasteiger partial charge is 0.326 e. The Hall–Kier alpha value is -0.540. The van der Waals surface area contributed by atoms with Gasteiger partial charge in [-0.2, -0.15) is 0 Å².